The van der Waals surface area contributed by atoms with E-state index in [0.717, 1.165) is 31.6 Å². The van der Waals surface area contributed by atoms with Crippen LogP contribution in [0.15, 0.2) is 4.79 Å². The number of carbonyl (C=O) groups excluding carboxylic acids is 1. The molecule has 2 aliphatic heterocycles. The molecule has 25 heavy (non-hydrogen) atoms. The maximum absolute atomic E-state index is 12.9. The fourth-order valence-electron chi connectivity index (χ4n) is 4.14. The molecule has 1 aromatic rings. The molecular formula is C17H29N5O3. The smallest absolute Gasteiger partial charge is 0.345 e. The number of nitrogens with zero attached hydrogens (tertiary/aromatic N) is 5. The van der Waals surface area contributed by atoms with E-state index in [1.165, 1.54) is 4.68 Å². The summed E-state index contributed by atoms with van der Waals surface area (Å²) >= 11 is 0. The molecule has 3 heterocycles. The number of hydrogen-bond donors (Lipinski definition) is 0. The van der Waals surface area contributed by atoms with Crippen LogP contribution in [0.25, 0.3) is 0 Å². The van der Waals surface area contributed by atoms with Gasteiger partial charge in [-0.05, 0) is 33.4 Å². The fraction of sp³-hybridized carbons (Fsp3) is 0.824. The first-order valence-corrected chi connectivity index (χ1v) is 8.96. The van der Waals surface area contributed by atoms with E-state index < -0.39 is 0 Å². The molecule has 0 radical (unpaired) electrons. The first kappa shape index (κ1) is 18.1. The topological polar surface area (TPSA) is 72.6 Å². The van der Waals surface area contributed by atoms with Gasteiger partial charge in [-0.1, -0.05) is 0 Å². The molecule has 0 N–H and O–H groups in total. The molecule has 3 rings (SSSR count). The Hall–Kier alpha value is -1.67. The lowest BCUT2D eigenvalue weighted by Crippen LogP contribution is -2.53. The van der Waals surface area contributed by atoms with E-state index in [1.54, 1.807) is 18.7 Å². The SMILES string of the molecule is COC1(CN(C)C)CCN(C(=O)C2CCc3nn(C)c(=O)n3C2)CC1. The van der Waals surface area contributed by atoms with Crippen LogP contribution in [-0.4, -0.2) is 76.5 Å². The van der Waals surface area contributed by atoms with Gasteiger partial charge in [-0.15, -0.1) is 0 Å². The zero-order valence-corrected chi connectivity index (χ0v) is 15.7. The maximum atomic E-state index is 12.9. The van der Waals surface area contributed by atoms with E-state index in [0.29, 0.717) is 26.1 Å². The number of fused-ring (bicyclic) bond motifs is 1. The Bertz CT molecular complexity index is 685. The number of piperidine rings is 1. The minimum Gasteiger partial charge on any atom is -0.377 e. The standard InChI is InChI=1S/C17H29N5O3/c1-19(2)12-17(25-4)7-9-21(10-8-17)15(23)13-5-6-14-18-20(3)16(24)22(14)11-13/h13H,5-12H2,1-4H3. The van der Waals surface area contributed by atoms with Crippen molar-refractivity contribution in [2.75, 3.05) is 40.8 Å². The van der Waals surface area contributed by atoms with Crippen LogP contribution in [-0.2, 0) is 29.5 Å². The molecule has 0 spiro atoms. The minimum atomic E-state index is -0.166. The number of carbonyl (C=O) groups is 1. The summed E-state index contributed by atoms with van der Waals surface area (Å²) in [5.74, 6) is 0.828. The molecule has 8 heteroatoms. The second-order valence-corrected chi connectivity index (χ2v) is 7.62. The van der Waals surface area contributed by atoms with Gasteiger partial charge in [-0.2, -0.15) is 5.10 Å². The summed E-state index contributed by atoms with van der Waals surface area (Å²) in [6, 6.07) is 0. The zero-order valence-electron chi connectivity index (χ0n) is 15.7. The summed E-state index contributed by atoms with van der Waals surface area (Å²) in [5.41, 5.74) is -0.296. The predicted molar refractivity (Wildman–Crippen MR) is 93.4 cm³/mol. The summed E-state index contributed by atoms with van der Waals surface area (Å²) in [7, 11) is 7.51. The Morgan fingerprint density at radius 2 is 2.04 bits per heavy atom. The van der Waals surface area contributed by atoms with Crippen LogP contribution in [0, 0.1) is 5.92 Å². The summed E-state index contributed by atoms with van der Waals surface area (Å²) in [6.45, 7) is 2.74. The van der Waals surface area contributed by atoms with Gasteiger partial charge in [0.2, 0.25) is 5.91 Å². The van der Waals surface area contributed by atoms with E-state index in [1.807, 2.05) is 19.0 Å². The van der Waals surface area contributed by atoms with Crippen molar-refractivity contribution in [1.82, 2.24) is 24.1 Å². The molecule has 1 aromatic heterocycles. The minimum absolute atomic E-state index is 0.127. The summed E-state index contributed by atoms with van der Waals surface area (Å²) in [5, 5.41) is 4.24. The van der Waals surface area contributed by atoms with Crippen LogP contribution >= 0.6 is 0 Å². The Morgan fingerprint density at radius 3 is 2.64 bits per heavy atom. The van der Waals surface area contributed by atoms with E-state index in [2.05, 4.69) is 10.00 Å². The van der Waals surface area contributed by atoms with E-state index >= 15 is 0 Å². The molecule has 1 fully saturated rings. The Balaban J connectivity index is 1.64. The normalized spacial score (nSPS) is 22.9. The fourth-order valence-corrected chi connectivity index (χ4v) is 4.14. The molecule has 0 aliphatic carbocycles. The largest absolute Gasteiger partial charge is 0.377 e. The predicted octanol–water partition coefficient (Wildman–Crippen LogP) is -0.287. The van der Waals surface area contributed by atoms with Gasteiger partial charge >= 0.3 is 5.69 Å². The molecule has 140 valence electrons. The van der Waals surface area contributed by atoms with Crippen molar-refractivity contribution >= 4 is 5.91 Å². The average Bonchev–Trinajstić information content (AvgIpc) is 2.88. The molecule has 1 unspecified atom stereocenters. The Labute approximate surface area is 148 Å². The van der Waals surface area contributed by atoms with Crippen molar-refractivity contribution in [2.24, 2.45) is 13.0 Å². The molecule has 1 amide bonds. The van der Waals surface area contributed by atoms with Crippen LogP contribution in [0.1, 0.15) is 25.1 Å². The molecule has 8 nitrogen and oxygen atoms in total. The summed E-state index contributed by atoms with van der Waals surface area (Å²) in [6.07, 6.45) is 3.14. The third kappa shape index (κ3) is 3.50. The van der Waals surface area contributed by atoms with Gasteiger partial charge in [-0.25, -0.2) is 9.48 Å². The number of hydrogen-bond acceptors (Lipinski definition) is 5. The number of methoxy groups -OCH3 is 1. The molecule has 0 saturated carbocycles. The van der Waals surface area contributed by atoms with Crippen LogP contribution in [0.5, 0.6) is 0 Å². The van der Waals surface area contributed by atoms with Gasteiger partial charge < -0.3 is 14.5 Å². The van der Waals surface area contributed by atoms with E-state index in [9.17, 15) is 9.59 Å². The van der Waals surface area contributed by atoms with Gasteiger partial charge in [0.25, 0.3) is 0 Å². The number of likely N-dealkylation sites (tertiary alicyclic amines) is 1. The van der Waals surface area contributed by atoms with Crippen molar-refractivity contribution in [3.05, 3.63) is 16.3 Å². The first-order chi connectivity index (χ1) is 11.8. The Morgan fingerprint density at radius 1 is 1.36 bits per heavy atom. The van der Waals surface area contributed by atoms with E-state index in [4.69, 9.17) is 4.74 Å². The van der Waals surface area contributed by atoms with Gasteiger partial charge in [0.1, 0.15) is 5.82 Å². The van der Waals surface area contributed by atoms with Gasteiger partial charge in [0, 0.05) is 46.8 Å². The average molecular weight is 351 g/mol. The highest BCUT2D eigenvalue weighted by molar-refractivity contribution is 5.79. The van der Waals surface area contributed by atoms with Crippen molar-refractivity contribution in [2.45, 2.75) is 37.8 Å². The van der Waals surface area contributed by atoms with Gasteiger partial charge in [0.15, 0.2) is 0 Å². The third-order valence-corrected chi connectivity index (χ3v) is 5.58. The highest BCUT2D eigenvalue weighted by Crippen LogP contribution is 2.28. The number of rotatable bonds is 4. The van der Waals surface area contributed by atoms with Crippen molar-refractivity contribution < 1.29 is 9.53 Å². The highest BCUT2D eigenvalue weighted by Gasteiger charge is 2.38. The van der Waals surface area contributed by atoms with Crippen LogP contribution in [0.2, 0.25) is 0 Å². The lowest BCUT2D eigenvalue weighted by atomic mass is 9.89. The number of likely N-dealkylation sites (N-methyl/N-ethyl adjacent to an activating group) is 1. The van der Waals surface area contributed by atoms with Crippen molar-refractivity contribution in [3.8, 4) is 0 Å². The van der Waals surface area contributed by atoms with Crippen molar-refractivity contribution in [3.63, 3.8) is 0 Å². The Kier molecular flexibility index (Phi) is 5.02. The first-order valence-electron chi connectivity index (χ1n) is 8.96. The number of amides is 1. The highest BCUT2D eigenvalue weighted by atomic mass is 16.5. The van der Waals surface area contributed by atoms with E-state index in [-0.39, 0.29) is 23.1 Å². The number of ether oxygens (including phenoxy) is 1. The van der Waals surface area contributed by atoms with Crippen LogP contribution in [0.3, 0.4) is 0 Å². The van der Waals surface area contributed by atoms with Gasteiger partial charge in [0.05, 0.1) is 11.5 Å². The molecule has 0 bridgehead atoms. The maximum Gasteiger partial charge on any atom is 0.345 e. The number of aryl methyl sites for hydroxylation is 2. The quantitative estimate of drug-likeness (QED) is 0.746. The van der Waals surface area contributed by atoms with Crippen LogP contribution < -0.4 is 5.69 Å². The summed E-state index contributed by atoms with van der Waals surface area (Å²) < 4.78 is 8.80. The molecule has 1 atom stereocenters. The molecular weight excluding hydrogens is 322 g/mol. The monoisotopic (exact) mass is 351 g/mol. The second kappa shape index (κ2) is 6.92. The lowest BCUT2D eigenvalue weighted by molar-refractivity contribution is -0.142. The van der Waals surface area contributed by atoms with Gasteiger partial charge in [-0.3, -0.25) is 9.36 Å². The van der Waals surface area contributed by atoms with Crippen molar-refractivity contribution in [1.29, 1.82) is 0 Å². The van der Waals surface area contributed by atoms with Crippen LogP contribution in [0.4, 0.5) is 0 Å². The summed E-state index contributed by atoms with van der Waals surface area (Å²) in [4.78, 5) is 29.1. The lowest BCUT2D eigenvalue weighted by Gasteiger charge is -2.43. The second-order valence-electron chi connectivity index (χ2n) is 7.62. The molecule has 1 saturated heterocycles. The number of aromatic nitrogens is 3. The third-order valence-electron chi connectivity index (χ3n) is 5.58. The molecule has 0 aromatic carbocycles. The zero-order chi connectivity index (χ0) is 18.2. The molecule has 2 aliphatic rings.